The molecule has 5 nitrogen and oxygen atoms in total. The van der Waals surface area contributed by atoms with E-state index in [2.05, 4.69) is 22.2 Å². The average molecular weight is 297 g/mol. The van der Waals surface area contributed by atoms with Crippen LogP contribution in [0.25, 0.3) is 0 Å². The van der Waals surface area contributed by atoms with Gasteiger partial charge in [-0.05, 0) is 31.3 Å². The van der Waals surface area contributed by atoms with Crippen LogP contribution in [0, 0.1) is 0 Å². The molecule has 6 heteroatoms. The van der Waals surface area contributed by atoms with Crippen molar-refractivity contribution in [2.75, 3.05) is 45.1 Å². The maximum absolute atomic E-state index is 12.1. The van der Waals surface area contributed by atoms with Gasteiger partial charge in [0.25, 0.3) is 0 Å². The number of hydrogen-bond acceptors (Lipinski definition) is 4. The molecule has 3 N–H and O–H groups in total. The van der Waals surface area contributed by atoms with E-state index in [1.807, 2.05) is 0 Å². The first kappa shape index (κ1) is 15.3. The molecular weight excluding hydrogens is 276 g/mol. The van der Waals surface area contributed by atoms with E-state index < -0.39 is 0 Å². The van der Waals surface area contributed by atoms with E-state index in [0.29, 0.717) is 18.1 Å². The number of nitrogens with one attached hydrogen (secondary N) is 1. The van der Waals surface area contributed by atoms with Gasteiger partial charge in [0.2, 0.25) is 5.91 Å². The van der Waals surface area contributed by atoms with E-state index in [1.54, 1.807) is 24.3 Å². The molecule has 2 rings (SSSR count). The normalized spacial score (nSPS) is 20.9. The van der Waals surface area contributed by atoms with Crippen molar-refractivity contribution >= 4 is 23.2 Å². The zero-order chi connectivity index (χ0) is 14.5. The molecule has 1 atom stereocenters. The molecule has 0 bridgehead atoms. The third-order valence-electron chi connectivity index (χ3n) is 3.55. The first-order chi connectivity index (χ1) is 9.58. The minimum Gasteiger partial charge on any atom is -0.329 e. The van der Waals surface area contributed by atoms with E-state index in [9.17, 15) is 4.79 Å². The number of carbonyl (C=O) groups excluding carboxylic acids is 1. The lowest BCUT2D eigenvalue weighted by Crippen LogP contribution is -2.56. The molecule has 0 saturated carbocycles. The van der Waals surface area contributed by atoms with Gasteiger partial charge in [0, 0.05) is 42.9 Å². The van der Waals surface area contributed by atoms with Gasteiger partial charge in [0.05, 0.1) is 6.54 Å². The van der Waals surface area contributed by atoms with Gasteiger partial charge in [0.1, 0.15) is 0 Å². The molecule has 0 spiro atoms. The predicted octanol–water partition coefficient (Wildman–Crippen LogP) is 0.853. The number of likely N-dealkylation sites (N-methyl/N-ethyl adjacent to an activating group) is 1. The van der Waals surface area contributed by atoms with Crippen LogP contribution >= 0.6 is 11.6 Å². The zero-order valence-corrected chi connectivity index (χ0v) is 12.4. The summed E-state index contributed by atoms with van der Waals surface area (Å²) in [6.07, 6.45) is 0. The van der Waals surface area contributed by atoms with Crippen molar-refractivity contribution < 1.29 is 4.79 Å². The highest BCUT2D eigenvalue weighted by atomic mass is 35.5. The number of nitrogens with two attached hydrogens (primary N) is 1. The van der Waals surface area contributed by atoms with E-state index >= 15 is 0 Å². The number of halogens is 1. The van der Waals surface area contributed by atoms with Crippen molar-refractivity contribution in [2.45, 2.75) is 6.04 Å². The van der Waals surface area contributed by atoms with E-state index in [1.165, 1.54) is 0 Å². The van der Waals surface area contributed by atoms with E-state index in [-0.39, 0.29) is 11.9 Å². The minimum absolute atomic E-state index is 0.0182. The molecule has 1 amide bonds. The Labute approximate surface area is 124 Å². The van der Waals surface area contributed by atoms with Crippen LogP contribution in [0.3, 0.4) is 0 Å². The lowest BCUT2D eigenvalue weighted by Gasteiger charge is -2.39. The maximum Gasteiger partial charge on any atom is 0.238 e. The fraction of sp³-hybridized carbons (Fsp3) is 0.500. The molecule has 1 unspecified atom stereocenters. The Morgan fingerprint density at radius 1 is 1.40 bits per heavy atom. The molecule has 0 radical (unpaired) electrons. The van der Waals surface area contributed by atoms with Crippen molar-refractivity contribution in [1.82, 2.24) is 9.80 Å². The number of piperazine rings is 1. The molecule has 1 aromatic carbocycles. The second-order valence-electron chi connectivity index (χ2n) is 5.18. The van der Waals surface area contributed by atoms with Crippen LogP contribution in [0.15, 0.2) is 24.3 Å². The van der Waals surface area contributed by atoms with Crippen LogP contribution < -0.4 is 11.1 Å². The van der Waals surface area contributed by atoms with Crippen molar-refractivity contribution in [2.24, 2.45) is 5.73 Å². The summed E-state index contributed by atoms with van der Waals surface area (Å²) in [5.41, 5.74) is 6.55. The van der Waals surface area contributed by atoms with Crippen LogP contribution in [0.5, 0.6) is 0 Å². The fourth-order valence-corrected chi connectivity index (χ4v) is 2.52. The van der Waals surface area contributed by atoms with Gasteiger partial charge < -0.3 is 16.0 Å². The Bertz CT molecular complexity index is 451. The van der Waals surface area contributed by atoms with Crippen molar-refractivity contribution in [3.63, 3.8) is 0 Å². The molecule has 1 fully saturated rings. The maximum atomic E-state index is 12.1. The Hall–Kier alpha value is -1.14. The molecule has 1 aliphatic rings. The number of amides is 1. The van der Waals surface area contributed by atoms with Gasteiger partial charge in [0.15, 0.2) is 0 Å². The predicted molar refractivity (Wildman–Crippen MR) is 82.0 cm³/mol. The first-order valence-electron chi connectivity index (χ1n) is 6.76. The smallest absolute Gasteiger partial charge is 0.238 e. The van der Waals surface area contributed by atoms with Gasteiger partial charge >= 0.3 is 0 Å². The SMILES string of the molecule is CN1CCN(CC(=O)Nc2ccc(Cl)cc2)C(CN)C1. The van der Waals surface area contributed by atoms with Crippen LogP contribution in [-0.4, -0.2) is 61.5 Å². The summed E-state index contributed by atoms with van der Waals surface area (Å²) in [6.45, 7) is 3.68. The molecule has 0 aromatic heterocycles. The van der Waals surface area contributed by atoms with Crippen LogP contribution in [0.2, 0.25) is 5.02 Å². The summed E-state index contributed by atoms with van der Waals surface area (Å²) in [4.78, 5) is 16.5. The zero-order valence-electron chi connectivity index (χ0n) is 11.7. The highest BCUT2D eigenvalue weighted by Crippen LogP contribution is 2.14. The Kier molecular flexibility index (Phi) is 5.37. The monoisotopic (exact) mass is 296 g/mol. The molecule has 110 valence electrons. The number of carbonyl (C=O) groups is 1. The number of benzene rings is 1. The van der Waals surface area contributed by atoms with Gasteiger partial charge in [-0.25, -0.2) is 0 Å². The highest BCUT2D eigenvalue weighted by molar-refractivity contribution is 6.30. The third-order valence-corrected chi connectivity index (χ3v) is 3.81. The summed E-state index contributed by atoms with van der Waals surface area (Å²) in [7, 11) is 2.08. The third kappa shape index (κ3) is 4.18. The quantitative estimate of drug-likeness (QED) is 0.865. The highest BCUT2D eigenvalue weighted by Gasteiger charge is 2.25. The number of nitrogens with zero attached hydrogens (tertiary/aromatic N) is 2. The largest absolute Gasteiger partial charge is 0.329 e. The van der Waals surface area contributed by atoms with Crippen molar-refractivity contribution in [1.29, 1.82) is 0 Å². The first-order valence-corrected chi connectivity index (χ1v) is 7.14. The summed E-state index contributed by atoms with van der Waals surface area (Å²) >= 11 is 5.82. The lowest BCUT2D eigenvalue weighted by atomic mass is 10.1. The number of hydrogen-bond donors (Lipinski definition) is 2. The van der Waals surface area contributed by atoms with Crippen LogP contribution in [-0.2, 0) is 4.79 Å². The van der Waals surface area contributed by atoms with Gasteiger partial charge in [-0.15, -0.1) is 0 Å². The molecule has 1 heterocycles. The standard InChI is InChI=1S/C14H21ClN4O/c1-18-6-7-19(13(8-16)9-18)10-14(20)17-12-4-2-11(15)3-5-12/h2-5,13H,6-10,16H2,1H3,(H,17,20). The summed E-state index contributed by atoms with van der Waals surface area (Å²) in [5, 5.41) is 3.54. The second kappa shape index (κ2) is 7.04. The van der Waals surface area contributed by atoms with Crippen molar-refractivity contribution in [3.05, 3.63) is 29.3 Å². The molecule has 1 saturated heterocycles. The second-order valence-corrected chi connectivity index (χ2v) is 5.61. The molecule has 20 heavy (non-hydrogen) atoms. The summed E-state index contributed by atoms with van der Waals surface area (Å²) < 4.78 is 0. The van der Waals surface area contributed by atoms with Crippen molar-refractivity contribution in [3.8, 4) is 0 Å². The van der Waals surface area contributed by atoms with Crippen LogP contribution in [0.4, 0.5) is 5.69 Å². The Morgan fingerprint density at radius 3 is 2.75 bits per heavy atom. The molecular formula is C14H21ClN4O. The molecule has 0 aliphatic carbocycles. The summed E-state index contributed by atoms with van der Waals surface area (Å²) in [5.74, 6) is -0.0182. The Balaban J connectivity index is 1.88. The van der Waals surface area contributed by atoms with Gasteiger partial charge in [-0.1, -0.05) is 11.6 Å². The van der Waals surface area contributed by atoms with Crippen LogP contribution in [0.1, 0.15) is 0 Å². The van der Waals surface area contributed by atoms with E-state index in [4.69, 9.17) is 17.3 Å². The topological polar surface area (TPSA) is 61.6 Å². The minimum atomic E-state index is -0.0182. The van der Waals surface area contributed by atoms with Gasteiger partial charge in [-0.3, -0.25) is 9.69 Å². The Morgan fingerprint density at radius 2 is 2.10 bits per heavy atom. The van der Waals surface area contributed by atoms with E-state index in [0.717, 1.165) is 25.3 Å². The molecule has 1 aliphatic heterocycles. The molecule has 1 aromatic rings. The number of anilines is 1. The average Bonchev–Trinajstić information content (AvgIpc) is 2.43. The fourth-order valence-electron chi connectivity index (χ4n) is 2.40. The lowest BCUT2D eigenvalue weighted by molar-refractivity contribution is -0.118. The number of rotatable bonds is 4. The summed E-state index contributed by atoms with van der Waals surface area (Å²) in [6, 6.07) is 7.35. The van der Waals surface area contributed by atoms with Gasteiger partial charge in [-0.2, -0.15) is 0 Å².